The largest absolute Gasteiger partial charge is 0.414 e. The van der Waals surface area contributed by atoms with Crippen LogP contribution in [0.15, 0.2) is 18.2 Å². The second kappa shape index (κ2) is 7.46. The molecule has 0 heterocycles. The molecule has 1 amide bonds. The predicted molar refractivity (Wildman–Crippen MR) is 75.8 cm³/mol. The van der Waals surface area contributed by atoms with Crippen molar-refractivity contribution in [1.82, 2.24) is 9.80 Å². The van der Waals surface area contributed by atoms with E-state index < -0.39 is 6.09 Å². The van der Waals surface area contributed by atoms with Crippen molar-refractivity contribution >= 4 is 30.1 Å². The third kappa shape index (κ3) is 5.12. The van der Waals surface area contributed by atoms with E-state index in [0.717, 1.165) is 12.1 Å². The summed E-state index contributed by atoms with van der Waals surface area (Å²) in [5.74, 6) is 0.382. The van der Waals surface area contributed by atoms with Crippen LogP contribution in [0.2, 0.25) is 5.02 Å². The number of benzene rings is 1. The molecule has 1 rings (SSSR count). The Bertz CT molecular complexity index is 409. The van der Waals surface area contributed by atoms with Gasteiger partial charge in [0.1, 0.15) is 0 Å². The molecule has 0 aliphatic heterocycles. The van der Waals surface area contributed by atoms with Crippen molar-refractivity contribution in [1.29, 1.82) is 0 Å². The van der Waals surface area contributed by atoms with E-state index in [1.807, 2.05) is 25.1 Å². The standard InChI is InChI=1S/C12H17ClN2O2.ClH/c1-14(2)8-9-5-6-11(10(13)7-9)17-12(16)15(3)4;/h5-7H,8H2,1-4H3;1H. The van der Waals surface area contributed by atoms with Crippen molar-refractivity contribution in [3.63, 3.8) is 0 Å². The number of halogens is 2. The first kappa shape index (κ1) is 17.0. The fraction of sp³-hybridized carbons (Fsp3) is 0.417. The number of hydrogen-bond donors (Lipinski definition) is 0. The molecule has 18 heavy (non-hydrogen) atoms. The summed E-state index contributed by atoms with van der Waals surface area (Å²) in [5, 5.41) is 0.444. The number of rotatable bonds is 3. The molecule has 0 N–H and O–H groups in total. The van der Waals surface area contributed by atoms with Gasteiger partial charge in [-0.1, -0.05) is 17.7 Å². The Morgan fingerprint density at radius 1 is 1.28 bits per heavy atom. The third-order valence-electron chi connectivity index (χ3n) is 2.06. The van der Waals surface area contributed by atoms with Crippen LogP contribution in [0.4, 0.5) is 4.79 Å². The number of nitrogens with zero attached hydrogens (tertiary/aromatic N) is 2. The first-order chi connectivity index (χ1) is 7.90. The highest BCUT2D eigenvalue weighted by Crippen LogP contribution is 2.26. The molecule has 0 saturated heterocycles. The molecule has 0 aliphatic rings. The summed E-state index contributed by atoms with van der Waals surface area (Å²) in [7, 11) is 7.20. The minimum Gasteiger partial charge on any atom is -0.409 e. The molecule has 0 spiro atoms. The zero-order valence-electron chi connectivity index (χ0n) is 10.9. The van der Waals surface area contributed by atoms with Crippen molar-refractivity contribution in [3.05, 3.63) is 28.8 Å². The van der Waals surface area contributed by atoms with Crippen molar-refractivity contribution in [2.45, 2.75) is 6.54 Å². The molecule has 1 aromatic rings. The van der Waals surface area contributed by atoms with Gasteiger partial charge in [0.05, 0.1) is 5.02 Å². The normalized spacial score (nSPS) is 9.89. The summed E-state index contributed by atoms with van der Waals surface area (Å²) in [6.07, 6.45) is -0.438. The van der Waals surface area contributed by atoms with Gasteiger partial charge in [0.2, 0.25) is 0 Å². The van der Waals surface area contributed by atoms with Crippen molar-refractivity contribution in [2.24, 2.45) is 0 Å². The molecule has 1 aromatic carbocycles. The predicted octanol–water partition coefficient (Wildman–Crippen LogP) is 2.88. The SMILES string of the molecule is CN(C)Cc1ccc(OC(=O)N(C)C)c(Cl)c1.Cl. The van der Waals surface area contributed by atoms with E-state index in [1.54, 1.807) is 26.2 Å². The summed E-state index contributed by atoms with van der Waals surface area (Å²) in [6.45, 7) is 0.793. The zero-order chi connectivity index (χ0) is 13.0. The van der Waals surface area contributed by atoms with E-state index in [0.29, 0.717) is 10.8 Å². The van der Waals surface area contributed by atoms with Crippen LogP contribution in [0, 0.1) is 0 Å². The molecule has 0 aliphatic carbocycles. The quantitative estimate of drug-likeness (QED) is 0.859. The molecule has 0 unspecified atom stereocenters. The molecule has 0 fully saturated rings. The maximum atomic E-state index is 11.4. The minimum absolute atomic E-state index is 0. The molecule has 102 valence electrons. The Labute approximate surface area is 119 Å². The second-order valence-electron chi connectivity index (χ2n) is 4.26. The summed E-state index contributed by atoms with van der Waals surface area (Å²) in [4.78, 5) is 14.8. The zero-order valence-corrected chi connectivity index (χ0v) is 12.5. The van der Waals surface area contributed by atoms with Crippen LogP contribution >= 0.6 is 24.0 Å². The summed E-state index contributed by atoms with van der Waals surface area (Å²) >= 11 is 6.05. The van der Waals surface area contributed by atoms with Gasteiger partial charge < -0.3 is 14.5 Å². The molecule has 4 nitrogen and oxygen atoms in total. The molecular weight excluding hydrogens is 275 g/mol. The van der Waals surface area contributed by atoms with E-state index in [2.05, 4.69) is 0 Å². The lowest BCUT2D eigenvalue weighted by atomic mass is 10.2. The van der Waals surface area contributed by atoms with Gasteiger partial charge in [0, 0.05) is 20.6 Å². The van der Waals surface area contributed by atoms with Crippen LogP contribution in [0.5, 0.6) is 5.75 Å². The highest BCUT2D eigenvalue weighted by molar-refractivity contribution is 6.32. The highest BCUT2D eigenvalue weighted by Gasteiger charge is 2.10. The minimum atomic E-state index is -0.438. The van der Waals surface area contributed by atoms with E-state index in [4.69, 9.17) is 16.3 Å². The smallest absolute Gasteiger partial charge is 0.409 e. The second-order valence-corrected chi connectivity index (χ2v) is 4.67. The maximum absolute atomic E-state index is 11.4. The molecule has 0 bridgehead atoms. The molecule has 0 atom stereocenters. The number of amides is 1. The lowest BCUT2D eigenvalue weighted by molar-refractivity contribution is 0.172. The van der Waals surface area contributed by atoms with Crippen molar-refractivity contribution in [2.75, 3.05) is 28.2 Å². The van der Waals surface area contributed by atoms with Crippen molar-refractivity contribution in [3.8, 4) is 5.75 Å². The molecular formula is C12H18Cl2N2O2. The Morgan fingerprint density at radius 3 is 2.33 bits per heavy atom. The lowest BCUT2D eigenvalue weighted by Gasteiger charge is -2.13. The van der Waals surface area contributed by atoms with Crippen LogP contribution in [0.1, 0.15) is 5.56 Å². The topological polar surface area (TPSA) is 32.8 Å². The van der Waals surface area contributed by atoms with Crippen molar-refractivity contribution < 1.29 is 9.53 Å². The van der Waals surface area contributed by atoms with Crippen LogP contribution in [-0.4, -0.2) is 44.1 Å². The number of ether oxygens (including phenoxy) is 1. The van der Waals surface area contributed by atoms with E-state index in [1.165, 1.54) is 4.90 Å². The average molecular weight is 293 g/mol. The Balaban J connectivity index is 0.00000289. The van der Waals surface area contributed by atoms with Gasteiger partial charge in [-0.05, 0) is 31.8 Å². The van der Waals surface area contributed by atoms with Gasteiger partial charge in [-0.2, -0.15) is 0 Å². The summed E-state index contributed by atoms with van der Waals surface area (Å²) in [6, 6.07) is 5.41. The van der Waals surface area contributed by atoms with E-state index in [-0.39, 0.29) is 12.4 Å². The third-order valence-corrected chi connectivity index (χ3v) is 2.35. The first-order valence-corrected chi connectivity index (χ1v) is 5.60. The van der Waals surface area contributed by atoms with Gasteiger partial charge in [0.25, 0.3) is 0 Å². The van der Waals surface area contributed by atoms with Crippen LogP contribution in [-0.2, 0) is 6.54 Å². The first-order valence-electron chi connectivity index (χ1n) is 5.22. The summed E-state index contributed by atoms with van der Waals surface area (Å²) < 4.78 is 5.11. The molecule has 0 saturated carbocycles. The highest BCUT2D eigenvalue weighted by atomic mass is 35.5. The number of carbonyl (C=O) groups is 1. The Hall–Kier alpha value is -0.970. The Morgan fingerprint density at radius 2 is 1.89 bits per heavy atom. The monoisotopic (exact) mass is 292 g/mol. The number of carbonyl (C=O) groups excluding carboxylic acids is 1. The molecule has 0 radical (unpaired) electrons. The van der Waals surface area contributed by atoms with E-state index >= 15 is 0 Å². The fourth-order valence-electron chi connectivity index (χ4n) is 1.28. The van der Waals surface area contributed by atoms with Crippen LogP contribution in [0.3, 0.4) is 0 Å². The van der Waals surface area contributed by atoms with Gasteiger partial charge >= 0.3 is 6.09 Å². The van der Waals surface area contributed by atoms with Gasteiger partial charge in [0.15, 0.2) is 5.75 Å². The van der Waals surface area contributed by atoms with Gasteiger partial charge in [-0.3, -0.25) is 0 Å². The van der Waals surface area contributed by atoms with Crippen LogP contribution < -0.4 is 4.74 Å². The fourth-order valence-corrected chi connectivity index (χ4v) is 1.52. The Kier molecular flexibility index (Phi) is 7.06. The number of hydrogen-bond acceptors (Lipinski definition) is 3. The van der Waals surface area contributed by atoms with Crippen LogP contribution in [0.25, 0.3) is 0 Å². The molecule has 0 aromatic heterocycles. The molecule has 6 heteroatoms. The van der Waals surface area contributed by atoms with E-state index in [9.17, 15) is 4.79 Å². The van der Waals surface area contributed by atoms with Gasteiger partial charge in [-0.15, -0.1) is 12.4 Å². The summed E-state index contributed by atoms with van der Waals surface area (Å²) in [5.41, 5.74) is 1.07. The lowest BCUT2D eigenvalue weighted by Crippen LogP contribution is -2.25. The van der Waals surface area contributed by atoms with Gasteiger partial charge in [-0.25, -0.2) is 4.79 Å². The maximum Gasteiger partial charge on any atom is 0.414 e. The average Bonchev–Trinajstić information content (AvgIpc) is 2.20.